The summed E-state index contributed by atoms with van der Waals surface area (Å²) in [6.07, 6.45) is 4.84. The number of hydrogen-bond acceptors (Lipinski definition) is 0. The lowest BCUT2D eigenvalue weighted by Crippen LogP contribution is -1.78. The average Bonchev–Trinajstić information content (AvgIpc) is 2.21. The lowest BCUT2D eigenvalue weighted by Gasteiger charge is -1.98. The first-order valence-corrected chi connectivity index (χ1v) is 5.82. The Morgan fingerprint density at radius 3 is 2.00 bits per heavy atom. The SMILES string of the molecule is CC(C)=Cc1ccccc1C.CCCC. The summed E-state index contributed by atoms with van der Waals surface area (Å²) >= 11 is 0. The van der Waals surface area contributed by atoms with Crippen molar-refractivity contribution in [2.75, 3.05) is 0 Å². The third-order valence-electron chi connectivity index (χ3n) is 2.13. The molecular formula is C15H24. The van der Waals surface area contributed by atoms with Crippen LogP contribution in [0.15, 0.2) is 29.8 Å². The number of unbranched alkanes of at least 4 members (excludes halogenated alkanes) is 1. The Kier molecular flexibility index (Phi) is 7.71. The molecule has 0 saturated heterocycles. The molecule has 0 aromatic heterocycles. The normalized spacial score (nSPS) is 8.87. The van der Waals surface area contributed by atoms with E-state index < -0.39 is 0 Å². The van der Waals surface area contributed by atoms with Gasteiger partial charge in [-0.1, -0.05) is 62.6 Å². The van der Waals surface area contributed by atoms with Gasteiger partial charge in [0.25, 0.3) is 0 Å². The Labute approximate surface area is 95.0 Å². The quantitative estimate of drug-likeness (QED) is 0.619. The number of aryl methyl sites for hydroxylation is 1. The van der Waals surface area contributed by atoms with Gasteiger partial charge in [0.15, 0.2) is 0 Å². The van der Waals surface area contributed by atoms with E-state index in [-0.39, 0.29) is 0 Å². The summed E-state index contributed by atoms with van der Waals surface area (Å²) in [6, 6.07) is 8.41. The minimum atomic E-state index is 1.32. The van der Waals surface area contributed by atoms with Crippen LogP contribution in [0.4, 0.5) is 0 Å². The van der Waals surface area contributed by atoms with Crippen LogP contribution in [0.2, 0.25) is 0 Å². The molecule has 0 amide bonds. The molecule has 0 saturated carbocycles. The minimum absolute atomic E-state index is 1.32. The number of hydrogen-bond donors (Lipinski definition) is 0. The lowest BCUT2D eigenvalue weighted by molar-refractivity contribution is 0.886. The molecule has 0 N–H and O–H groups in total. The summed E-state index contributed by atoms with van der Waals surface area (Å²) in [7, 11) is 0. The minimum Gasteiger partial charge on any atom is -0.0758 e. The molecule has 0 aliphatic heterocycles. The largest absolute Gasteiger partial charge is 0.0758 e. The first-order chi connectivity index (χ1) is 7.11. The molecule has 1 rings (SSSR count). The van der Waals surface area contributed by atoms with E-state index >= 15 is 0 Å². The van der Waals surface area contributed by atoms with Gasteiger partial charge >= 0.3 is 0 Å². The van der Waals surface area contributed by atoms with Crippen LogP contribution in [0.5, 0.6) is 0 Å². The van der Waals surface area contributed by atoms with Gasteiger partial charge in [-0.25, -0.2) is 0 Å². The van der Waals surface area contributed by atoms with Crippen molar-refractivity contribution in [2.45, 2.75) is 47.5 Å². The van der Waals surface area contributed by atoms with Gasteiger partial charge in [-0.15, -0.1) is 0 Å². The second kappa shape index (κ2) is 8.28. The van der Waals surface area contributed by atoms with E-state index in [0.29, 0.717) is 0 Å². The van der Waals surface area contributed by atoms with Gasteiger partial charge in [0.2, 0.25) is 0 Å². The Morgan fingerprint density at radius 1 is 1.07 bits per heavy atom. The summed E-state index contributed by atoms with van der Waals surface area (Å²) < 4.78 is 0. The zero-order valence-corrected chi connectivity index (χ0v) is 10.8. The van der Waals surface area contributed by atoms with E-state index in [0.717, 1.165) is 0 Å². The van der Waals surface area contributed by atoms with Crippen LogP contribution in [-0.4, -0.2) is 0 Å². The van der Waals surface area contributed by atoms with Crippen molar-refractivity contribution < 1.29 is 0 Å². The van der Waals surface area contributed by atoms with Crippen molar-refractivity contribution in [3.63, 3.8) is 0 Å². The molecule has 1 aromatic rings. The number of benzene rings is 1. The molecular weight excluding hydrogens is 180 g/mol. The molecule has 0 spiro atoms. The van der Waals surface area contributed by atoms with Crippen molar-refractivity contribution >= 4 is 6.08 Å². The topological polar surface area (TPSA) is 0 Å². The van der Waals surface area contributed by atoms with E-state index in [2.05, 4.69) is 65.0 Å². The van der Waals surface area contributed by atoms with Crippen molar-refractivity contribution in [1.82, 2.24) is 0 Å². The highest BCUT2D eigenvalue weighted by Gasteiger charge is 1.90. The highest BCUT2D eigenvalue weighted by Crippen LogP contribution is 2.10. The molecule has 84 valence electrons. The summed E-state index contributed by atoms with van der Waals surface area (Å²) in [5, 5.41) is 0. The number of allylic oxidation sites excluding steroid dienone is 1. The second-order valence-electron chi connectivity index (χ2n) is 4.08. The Hall–Kier alpha value is -1.04. The van der Waals surface area contributed by atoms with E-state index in [1.165, 1.54) is 29.5 Å². The highest BCUT2D eigenvalue weighted by molar-refractivity contribution is 5.55. The zero-order chi connectivity index (χ0) is 11.7. The molecule has 0 atom stereocenters. The van der Waals surface area contributed by atoms with Crippen molar-refractivity contribution in [2.24, 2.45) is 0 Å². The molecule has 0 radical (unpaired) electrons. The van der Waals surface area contributed by atoms with Gasteiger partial charge in [-0.2, -0.15) is 0 Å². The number of rotatable bonds is 2. The molecule has 0 heterocycles. The highest BCUT2D eigenvalue weighted by atomic mass is 14.0. The fourth-order valence-corrected chi connectivity index (χ4v) is 1.06. The van der Waals surface area contributed by atoms with Gasteiger partial charge in [-0.3, -0.25) is 0 Å². The molecule has 0 aliphatic carbocycles. The van der Waals surface area contributed by atoms with Gasteiger partial charge in [-0.05, 0) is 31.9 Å². The fourth-order valence-electron chi connectivity index (χ4n) is 1.06. The van der Waals surface area contributed by atoms with E-state index in [1.807, 2.05) is 0 Å². The van der Waals surface area contributed by atoms with Crippen LogP contribution in [0.3, 0.4) is 0 Å². The third-order valence-corrected chi connectivity index (χ3v) is 2.13. The van der Waals surface area contributed by atoms with Crippen molar-refractivity contribution in [1.29, 1.82) is 0 Å². The van der Waals surface area contributed by atoms with Crippen LogP contribution in [-0.2, 0) is 0 Å². The smallest absolute Gasteiger partial charge is 0.0228 e. The van der Waals surface area contributed by atoms with E-state index in [9.17, 15) is 0 Å². The standard InChI is InChI=1S/C11H14.C4H10/c1-9(2)8-11-7-5-4-6-10(11)3;1-3-4-2/h4-8H,1-3H3;3-4H2,1-2H3. The lowest BCUT2D eigenvalue weighted by atomic mass is 10.1. The van der Waals surface area contributed by atoms with Crippen LogP contribution in [0, 0.1) is 6.92 Å². The Balaban J connectivity index is 0.000000423. The predicted octanol–water partition coefficient (Wildman–Crippen LogP) is 5.22. The summed E-state index contributed by atoms with van der Waals surface area (Å²) in [4.78, 5) is 0. The molecule has 0 heteroatoms. The molecule has 0 nitrogen and oxygen atoms in total. The molecule has 15 heavy (non-hydrogen) atoms. The maximum atomic E-state index is 2.20. The molecule has 1 aromatic carbocycles. The third kappa shape index (κ3) is 6.96. The van der Waals surface area contributed by atoms with Crippen molar-refractivity contribution in [3.05, 3.63) is 41.0 Å². The van der Waals surface area contributed by atoms with Gasteiger partial charge in [0.05, 0.1) is 0 Å². The Morgan fingerprint density at radius 2 is 1.60 bits per heavy atom. The second-order valence-corrected chi connectivity index (χ2v) is 4.08. The van der Waals surface area contributed by atoms with E-state index in [1.54, 1.807) is 0 Å². The van der Waals surface area contributed by atoms with Crippen LogP contribution in [0.1, 0.15) is 51.7 Å². The first-order valence-electron chi connectivity index (χ1n) is 5.82. The molecule has 0 unspecified atom stereocenters. The van der Waals surface area contributed by atoms with Gasteiger partial charge in [0, 0.05) is 0 Å². The monoisotopic (exact) mass is 204 g/mol. The van der Waals surface area contributed by atoms with Crippen LogP contribution in [0.25, 0.3) is 6.08 Å². The summed E-state index contributed by atoms with van der Waals surface area (Å²) in [5.41, 5.74) is 4.01. The molecule has 0 aliphatic rings. The zero-order valence-electron chi connectivity index (χ0n) is 10.8. The maximum absolute atomic E-state index is 2.20. The average molecular weight is 204 g/mol. The molecule has 0 bridgehead atoms. The summed E-state index contributed by atoms with van der Waals surface area (Å²) in [6.45, 7) is 10.7. The predicted molar refractivity (Wildman–Crippen MR) is 71.1 cm³/mol. The fraction of sp³-hybridized carbons (Fsp3) is 0.467. The Bertz CT molecular complexity index is 289. The van der Waals surface area contributed by atoms with E-state index in [4.69, 9.17) is 0 Å². The first kappa shape index (κ1) is 14.0. The van der Waals surface area contributed by atoms with Gasteiger partial charge in [0.1, 0.15) is 0 Å². The van der Waals surface area contributed by atoms with Gasteiger partial charge < -0.3 is 0 Å². The summed E-state index contributed by atoms with van der Waals surface area (Å²) in [5.74, 6) is 0. The van der Waals surface area contributed by atoms with Crippen LogP contribution >= 0.6 is 0 Å². The maximum Gasteiger partial charge on any atom is -0.0228 e. The van der Waals surface area contributed by atoms with Crippen molar-refractivity contribution in [3.8, 4) is 0 Å². The molecule has 0 fully saturated rings. The van der Waals surface area contributed by atoms with Crippen LogP contribution < -0.4 is 0 Å².